The first-order valence-electron chi connectivity index (χ1n) is 7.86. The SMILES string of the molecule is CC(C)N1C(=S)SC(C)(C)[C@@H]1n1oc(=O)n(-c2ccc(Cl)c(Cl)c2)c1=O. The molecule has 1 aliphatic rings. The molecule has 3 rings (SSSR count). The molecule has 0 spiro atoms. The van der Waals surface area contributed by atoms with Crippen molar-refractivity contribution in [1.29, 1.82) is 0 Å². The molecular weight excluding hydrogens is 417 g/mol. The molecule has 0 saturated carbocycles. The number of hydrogen-bond donors (Lipinski definition) is 0. The summed E-state index contributed by atoms with van der Waals surface area (Å²) in [4.78, 5) is 27.3. The zero-order chi connectivity index (χ0) is 19.4. The summed E-state index contributed by atoms with van der Waals surface area (Å²) in [5.74, 6) is -0.796. The van der Waals surface area contributed by atoms with Crippen molar-refractivity contribution in [3.05, 3.63) is 49.3 Å². The fourth-order valence-corrected chi connectivity index (χ4v) is 5.42. The smallest absolute Gasteiger partial charge is 0.330 e. The van der Waals surface area contributed by atoms with Gasteiger partial charge in [0.25, 0.3) is 0 Å². The predicted octanol–water partition coefficient (Wildman–Crippen LogP) is 3.92. The van der Waals surface area contributed by atoms with Gasteiger partial charge in [-0.1, -0.05) is 47.2 Å². The predicted molar refractivity (Wildman–Crippen MR) is 109 cm³/mol. The van der Waals surface area contributed by atoms with Crippen molar-refractivity contribution in [3.8, 4) is 5.69 Å². The summed E-state index contributed by atoms with van der Waals surface area (Å²) in [5.41, 5.74) is -0.304. The third-order valence-corrected chi connectivity index (χ3v) is 6.45. The normalized spacial score (nSPS) is 19.6. The molecule has 0 aliphatic carbocycles. The molecule has 0 bridgehead atoms. The van der Waals surface area contributed by atoms with E-state index >= 15 is 0 Å². The van der Waals surface area contributed by atoms with Crippen molar-refractivity contribution in [2.24, 2.45) is 0 Å². The Hall–Kier alpha value is -1.22. The van der Waals surface area contributed by atoms with E-state index < -0.39 is 22.4 Å². The van der Waals surface area contributed by atoms with Crippen LogP contribution in [0.4, 0.5) is 0 Å². The molecular formula is C16H17Cl2N3O3S2. The summed E-state index contributed by atoms with van der Waals surface area (Å²) in [6.07, 6.45) is -0.524. The number of hydrogen-bond acceptors (Lipinski definition) is 5. The van der Waals surface area contributed by atoms with E-state index in [-0.39, 0.29) is 11.1 Å². The van der Waals surface area contributed by atoms with Crippen molar-refractivity contribution in [2.75, 3.05) is 0 Å². The zero-order valence-corrected chi connectivity index (χ0v) is 17.7. The largest absolute Gasteiger partial charge is 0.447 e. The number of halogens is 2. The van der Waals surface area contributed by atoms with Crippen LogP contribution in [0.1, 0.15) is 33.9 Å². The second kappa shape index (κ2) is 6.74. The molecule has 0 N–H and O–H groups in total. The summed E-state index contributed by atoms with van der Waals surface area (Å²) in [5, 5.41) is 0.571. The summed E-state index contributed by atoms with van der Waals surface area (Å²) in [7, 11) is 0. The summed E-state index contributed by atoms with van der Waals surface area (Å²) in [6, 6.07) is 4.54. The quantitative estimate of drug-likeness (QED) is 0.683. The van der Waals surface area contributed by atoms with Crippen LogP contribution in [0.3, 0.4) is 0 Å². The lowest BCUT2D eigenvalue weighted by molar-refractivity contribution is 0.0744. The number of rotatable bonds is 3. The van der Waals surface area contributed by atoms with Crippen LogP contribution >= 0.6 is 47.2 Å². The summed E-state index contributed by atoms with van der Waals surface area (Å²) in [6.45, 7) is 7.86. The number of thioether (sulfide) groups is 1. The molecule has 1 fully saturated rings. The van der Waals surface area contributed by atoms with E-state index in [1.165, 1.54) is 30.0 Å². The van der Waals surface area contributed by atoms with Crippen LogP contribution in [-0.4, -0.2) is 29.3 Å². The van der Waals surface area contributed by atoms with E-state index in [0.29, 0.717) is 15.0 Å². The fourth-order valence-electron chi connectivity index (χ4n) is 2.99. The lowest BCUT2D eigenvalue weighted by Crippen LogP contribution is -2.45. The molecule has 1 aliphatic heterocycles. The third-order valence-electron chi connectivity index (χ3n) is 4.13. The van der Waals surface area contributed by atoms with Gasteiger partial charge in [-0.2, -0.15) is 4.57 Å². The zero-order valence-electron chi connectivity index (χ0n) is 14.5. The molecule has 1 aromatic heterocycles. The van der Waals surface area contributed by atoms with Gasteiger partial charge in [-0.05, 0) is 45.9 Å². The van der Waals surface area contributed by atoms with Gasteiger partial charge in [-0.3, -0.25) is 0 Å². The van der Waals surface area contributed by atoms with Crippen molar-refractivity contribution >= 4 is 51.5 Å². The summed E-state index contributed by atoms with van der Waals surface area (Å²) < 4.78 is 7.57. The molecule has 140 valence electrons. The van der Waals surface area contributed by atoms with Gasteiger partial charge in [0.05, 0.1) is 20.5 Å². The molecule has 26 heavy (non-hydrogen) atoms. The van der Waals surface area contributed by atoms with E-state index in [1.54, 1.807) is 0 Å². The molecule has 0 amide bonds. The first kappa shape index (κ1) is 19.5. The van der Waals surface area contributed by atoms with Gasteiger partial charge in [0.1, 0.15) is 4.32 Å². The highest BCUT2D eigenvalue weighted by molar-refractivity contribution is 8.24. The molecule has 1 saturated heterocycles. The molecule has 2 aromatic rings. The van der Waals surface area contributed by atoms with Crippen LogP contribution in [0.15, 0.2) is 32.3 Å². The van der Waals surface area contributed by atoms with E-state index in [1.807, 2.05) is 32.6 Å². The van der Waals surface area contributed by atoms with Crippen molar-refractivity contribution in [2.45, 2.75) is 44.6 Å². The number of thiocarbonyl (C=S) groups is 1. The van der Waals surface area contributed by atoms with Gasteiger partial charge in [0.15, 0.2) is 6.17 Å². The van der Waals surface area contributed by atoms with Crippen LogP contribution in [0.25, 0.3) is 5.69 Å². The average Bonchev–Trinajstić information content (AvgIpc) is 2.93. The van der Waals surface area contributed by atoms with Crippen molar-refractivity contribution < 1.29 is 4.52 Å². The Kier molecular flexibility index (Phi) is 5.07. The Labute approximate surface area is 169 Å². The van der Waals surface area contributed by atoms with E-state index in [2.05, 4.69) is 0 Å². The van der Waals surface area contributed by atoms with Gasteiger partial charge in [-0.25, -0.2) is 9.59 Å². The van der Waals surface area contributed by atoms with Crippen LogP contribution in [0.5, 0.6) is 0 Å². The molecule has 0 radical (unpaired) electrons. The molecule has 1 aromatic carbocycles. The highest BCUT2D eigenvalue weighted by Crippen LogP contribution is 2.47. The van der Waals surface area contributed by atoms with Crippen LogP contribution in [-0.2, 0) is 0 Å². The van der Waals surface area contributed by atoms with Gasteiger partial charge >= 0.3 is 11.4 Å². The molecule has 0 unspecified atom stereocenters. The molecule has 6 nitrogen and oxygen atoms in total. The molecule has 2 heterocycles. The number of benzene rings is 1. The maximum absolute atomic E-state index is 13.0. The maximum Gasteiger partial charge on any atom is 0.447 e. The monoisotopic (exact) mass is 433 g/mol. The third kappa shape index (κ3) is 3.13. The van der Waals surface area contributed by atoms with Crippen LogP contribution in [0.2, 0.25) is 10.0 Å². The number of nitrogens with zero attached hydrogens (tertiary/aromatic N) is 3. The highest BCUT2D eigenvalue weighted by atomic mass is 35.5. The Morgan fingerprint density at radius 3 is 2.46 bits per heavy atom. The molecule has 10 heteroatoms. The van der Waals surface area contributed by atoms with Crippen LogP contribution < -0.4 is 11.4 Å². The van der Waals surface area contributed by atoms with Crippen molar-refractivity contribution in [1.82, 2.24) is 14.2 Å². The first-order valence-corrected chi connectivity index (χ1v) is 9.84. The second-order valence-electron chi connectivity index (χ2n) is 6.75. The average molecular weight is 434 g/mol. The Balaban J connectivity index is 2.19. The lowest BCUT2D eigenvalue weighted by Gasteiger charge is -2.33. The van der Waals surface area contributed by atoms with E-state index in [0.717, 1.165) is 9.31 Å². The van der Waals surface area contributed by atoms with Gasteiger partial charge in [0, 0.05) is 6.04 Å². The molecule has 1 atom stereocenters. The second-order valence-corrected chi connectivity index (χ2v) is 9.85. The van der Waals surface area contributed by atoms with Crippen LogP contribution in [0, 0.1) is 0 Å². The van der Waals surface area contributed by atoms with Gasteiger partial charge < -0.3 is 9.42 Å². The van der Waals surface area contributed by atoms with E-state index in [4.69, 9.17) is 39.9 Å². The Morgan fingerprint density at radius 1 is 1.23 bits per heavy atom. The minimum Gasteiger partial charge on any atom is -0.330 e. The van der Waals surface area contributed by atoms with Gasteiger partial charge in [-0.15, -0.1) is 4.74 Å². The summed E-state index contributed by atoms with van der Waals surface area (Å²) >= 11 is 18.9. The minimum absolute atomic E-state index is 0.0345. The topological polar surface area (TPSA) is 60.4 Å². The lowest BCUT2D eigenvalue weighted by atomic mass is 10.1. The Morgan fingerprint density at radius 2 is 1.88 bits per heavy atom. The van der Waals surface area contributed by atoms with E-state index in [9.17, 15) is 9.59 Å². The standard InChI is InChI=1S/C16H17Cl2N3O3S2/c1-8(2)19-12(16(3,4)26-15(19)25)21-13(22)20(14(23)24-21)9-5-6-10(17)11(18)7-9/h5-8,12H,1-4H3/t12-/m0/s1. The number of aromatic nitrogens is 2. The highest BCUT2D eigenvalue weighted by Gasteiger charge is 2.49. The van der Waals surface area contributed by atoms with Gasteiger partial charge in [0.2, 0.25) is 0 Å². The maximum atomic E-state index is 13.0. The Bertz CT molecular complexity index is 993. The fraction of sp³-hybridized carbons (Fsp3) is 0.438. The first-order chi connectivity index (χ1) is 12.0. The minimum atomic E-state index is -0.796. The van der Waals surface area contributed by atoms with Crippen molar-refractivity contribution in [3.63, 3.8) is 0 Å².